The van der Waals surface area contributed by atoms with Crippen LogP contribution in [-0.4, -0.2) is 46.8 Å². The summed E-state index contributed by atoms with van der Waals surface area (Å²) in [6.07, 6.45) is 2.02. The van der Waals surface area contributed by atoms with Gasteiger partial charge in [-0.3, -0.25) is 4.79 Å². The van der Waals surface area contributed by atoms with Crippen molar-refractivity contribution in [2.75, 3.05) is 19.7 Å². The molecular formula is C12H16ClN3O2. The van der Waals surface area contributed by atoms with Crippen molar-refractivity contribution < 1.29 is 9.53 Å². The zero-order chi connectivity index (χ0) is 13.0. The summed E-state index contributed by atoms with van der Waals surface area (Å²) in [5.74, 6) is -0.0888. The number of piperidine rings is 1. The molecule has 0 atom stereocenters. The molecule has 0 unspecified atom stereocenters. The zero-order valence-electron chi connectivity index (χ0n) is 10.3. The molecule has 0 bridgehead atoms. The van der Waals surface area contributed by atoms with Crippen LogP contribution < -0.4 is 0 Å². The summed E-state index contributed by atoms with van der Waals surface area (Å²) in [6, 6.07) is 3.18. The van der Waals surface area contributed by atoms with E-state index < -0.39 is 0 Å². The van der Waals surface area contributed by atoms with E-state index in [1.54, 1.807) is 17.0 Å². The van der Waals surface area contributed by atoms with Crippen molar-refractivity contribution in [3.8, 4) is 0 Å². The Labute approximate surface area is 111 Å². The van der Waals surface area contributed by atoms with Crippen LogP contribution in [0.5, 0.6) is 0 Å². The molecule has 2 heterocycles. The maximum absolute atomic E-state index is 12.1. The van der Waals surface area contributed by atoms with Gasteiger partial charge in [0, 0.05) is 19.7 Å². The molecule has 1 aliphatic heterocycles. The third kappa shape index (κ3) is 3.17. The Balaban J connectivity index is 1.93. The van der Waals surface area contributed by atoms with E-state index in [1.807, 2.05) is 6.92 Å². The molecule has 6 heteroatoms. The highest BCUT2D eigenvalue weighted by Crippen LogP contribution is 2.15. The van der Waals surface area contributed by atoms with Crippen molar-refractivity contribution >= 4 is 17.5 Å². The van der Waals surface area contributed by atoms with Crippen LogP contribution in [-0.2, 0) is 4.74 Å². The fraction of sp³-hybridized carbons (Fsp3) is 0.583. The number of halogens is 1. The molecule has 5 nitrogen and oxygen atoms in total. The van der Waals surface area contributed by atoms with Gasteiger partial charge in [0.1, 0.15) is 0 Å². The smallest absolute Gasteiger partial charge is 0.274 e. The van der Waals surface area contributed by atoms with Crippen LogP contribution >= 0.6 is 11.6 Å². The van der Waals surface area contributed by atoms with Gasteiger partial charge in [-0.15, -0.1) is 10.2 Å². The molecular weight excluding hydrogens is 254 g/mol. The number of amides is 1. The monoisotopic (exact) mass is 269 g/mol. The summed E-state index contributed by atoms with van der Waals surface area (Å²) in [7, 11) is 0. The first-order chi connectivity index (χ1) is 8.70. The van der Waals surface area contributed by atoms with Crippen LogP contribution in [0, 0.1) is 0 Å². The van der Waals surface area contributed by atoms with Gasteiger partial charge in [-0.1, -0.05) is 11.6 Å². The molecule has 1 amide bonds. The molecule has 1 saturated heterocycles. The number of carbonyl (C=O) groups is 1. The highest BCUT2D eigenvalue weighted by molar-refractivity contribution is 6.29. The fourth-order valence-corrected chi connectivity index (χ4v) is 2.15. The molecule has 0 radical (unpaired) electrons. The van der Waals surface area contributed by atoms with Gasteiger partial charge in [-0.25, -0.2) is 0 Å². The van der Waals surface area contributed by atoms with Crippen LogP contribution in [0.2, 0.25) is 5.15 Å². The van der Waals surface area contributed by atoms with Crippen LogP contribution in [0.15, 0.2) is 12.1 Å². The van der Waals surface area contributed by atoms with E-state index in [0.29, 0.717) is 23.9 Å². The van der Waals surface area contributed by atoms with Crippen molar-refractivity contribution in [2.45, 2.75) is 25.9 Å². The predicted octanol–water partition coefficient (Wildman–Crippen LogP) is 1.77. The van der Waals surface area contributed by atoms with Gasteiger partial charge in [0.05, 0.1) is 6.10 Å². The highest BCUT2D eigenvalue weighted by atomic mass is 35.5. The second-order valence-electron chi connectivity index (χ2n) is 4.19. The first kappa shape index (κ1) is 13.2. The van der Waals surface area contributed by atoms with E-state index >= 15 is 0 Å². The molecule has 2 rings (SSSR count). The topological polar surface area (TPSA) is 55.3 Å². The van der Waals surface area contributed by atoms with Gasteiger partial charge in [0.2, 0.25) is 0 Å². The number of rotatable bonds is 3. The zero-order valence-corrected chi connectivity index (χ0v) is 11.1. The van der Waals surface area contributed by atoms with Gasteiger partial charge in [0.25, 0.3) is 5.91 Å². The van der Waals surface area contributed by atoms with E-state index in [2.05, 4.69) is 10.2 Å². The van der Waals surface area contributed by atoms with E-state index in [0.717, 1.165) is 19.4 Å². The molecule has 0 aromatic carbocycles. The average Bonchev–Trinajstić information content (AvgIpc) is 2.40. The van der Waals surface area contributed by atoms with Crippen molar-refractivity contribution in [1.82, 2.24) is 15.1 Å². The second kappa shape index (κ2) is 6.11. The summed E-state index contributed by atoms with van der Waals surface area (Å²) < 4.78 is 5.55. The Kier molecular flexibility index (Phi) is 4.49. The third-order valence-corrected chi connectivity index (χ3v) is 3.18. The molecule has 1 fully saturated rings. The SMILES string of the molecule is CCOC1CCN(C(=O)c2ccc(Cl)nn2)CC1. The summed E-state index contributed by atoms with van der Waals surface area (Å²) in [4.78, 5) is 13.9. The molecule has 1 aliphatic rings. The molecule has 98 valence electrons. The largest absolute Gasteiger partial charge is 0.378 e. The number of ether oxygens (including phenoxy) is 1. The van der Waals surface area contributed by atoms with Crippen molar-refractivity contribution in [3.05, 3.63) is 23.0 Å². The standard InChI is InChI=1S/C12H16ClN3O2/c1-2-18-9-5-7-16(8-6-9)12(17)10-3-4-11(13)15-14-10/h3-4,9H,2,5-8H2,1H3. The van der Waals surface area contributed by atoms with Crippen LogP contribution in [0.1, 0.15) is 30.3 Å². The van der Waals surface area contributed by atoms with Crippen LogP contribution in [0.3, 0.4) is 0 Å². The maximum Gasteiger partial charge on any atom is 0.274 e. The number of likely N-dealkylation sites (tertiary alicyclic amines) is 1. The lowest BCUT2D eigenvalue weighted by molar-refractivity contribution is 0.0144. The van der Waals surface area contributed by atoms with Crippen molar-refractivity contribution in [2.24, 2.45) is 0 Å². The second-order valence-corrected chi connectivity index (χ2v) is 4.58. The van der Waals surface area contributed by atoms with Gasteiger partial charge < -0.3 is 9.64 Å². The number of carbonyl (C=O) groups excluding carboxylic acids is 1. The van der Waals surface area contributed by atoms with Gasteiger partial charge >= 0.3 is 0 Å². The molecule has 0 saturated carbocycles. The number of aromatic nitrogens is 2. The molecule has 1 aromatic rings. The van der Waals surface area contributed by atoms with E-state index in [-0.39, 0.29) is 12.0 Å². The minimum Gasteiger partial charge on any atom is -0.378 e. The minimum atomic E-state index is -0.0888. The summed E-state index contributed by atoms with van der Waals surface area (Å²) >= 11 is 5.64. The predicted molar refractivity (Wildman–Crippen MR) is 67.6 cm³/mol. The Morgan fingerprint density at radius 1 is 1.44 bits per heavy atom. The number of hydrogen-bond donors (Lipinski definition) is 0. The minimum absolute atomic E-state index is 0.0888. The molecule has 0 aliphatic carbocycles. The van der Waals surface area contributed by atoms with Crippen LogP contribution in [0.25, 0.3) is 0 Å². The lowest BCUT2D eigenvalue weighted by Crippen LogP contribution is -2.41. The Hall–Kier alpha value is -1.20. The van der Waals surface area contributed by atoms with Gasteiger partial charge in [-0.2, -0.15) is 0 Å². The lowest BCUT2D eigenvalue weighted by Gasteiger charge is -2.31. The summed E-state index contributed by atoms with van der Waals surface area (Å²) in [6.45, 7) is 4.11. The maximum atomic E-state index is 12.1. The quantitative estimate of drug-likeness (QED) is 0.839. The number of hydrogen-bond acceptors (Lipinski definition) is 4. The first-order valence-electron chi connectivity index (χ1n) is 6.11. The average molecular weight is 270 g/mol. The van der Waals surface area contributed by atoms with Gasteiger partial charge in [0.15, 0.2) is 10.8 Å². The van der Waals surface area contributed by atoms with E-state index in [4.69, 9.17) is 16.3 Å². The molecule has 18 heavy (non-hydrogen) atoms. The Morgan fingerprint density at radius 2 is 2.17 bits per heavy atom. The molecule has 0 N–H and O–H groups in total. The summed E-state index contributed by atoms with van der Waals surface area (Å²) in [5, 5.41) is 7.78. The normalized spacial score (nSPS) is 16.9. The number of nitrogens with zero attached hydrogens (tertiary/aromatic N) is 3. The highest BCUT2D eigenvalue weighted by Gasteiger charge is 2.24. The molecule has 1 aromatic heterocycles. The Morgan fingerprint density at radius 3 is 2.72 bits per heavy atom. The molecule has 0 spiro atoms. The van der Waals surface area contributed by atoms with E-state index in [9.17, 15) is 4.79 Å². The summed E-state index contributed by atoms with van der Waals surface area (Å²) in [5.41, 5.74) is 0.342. The van der Waals surface area contributed by atoms with Crippen LogP contribution in [0.4, 0.5) is 0 Å². The lowest BCUT2D eigenvalue weighted by atomic mass is 10.1. The van der Waals surface area contributed by atoms with Crippen molar-refractivity contribution in [1.29, 1.82) is 0 Å². The third-order valence-electron chi connectivity index (χ3n) is 2.98. The van der Waals surface area contributed by atoms with Gasteiger partial charge in [-0.05, 0) is 31.9 Å². The Bertz CT molecular complexity index is 402. The van der Waals surface area contributed by atoms with E-state index in [1.165, 1.54) is 0 Å². The van der Waals surface area contributed by atoms with Crippen molar-refractivity contribution in [3.63, 3.8) is 0 Å². The first-order valence-corrected chi connectivity index (χ1v) is 6.48. The fourth-order valence-electron chi connectivity index (χ4n) is 2.05.